The number of rotatable bonds is 6. The van der Waals surface area contributed by atoms with Gasteiger partial charge in [0.05, 0.1) is 22.3 Å². The number of carbonyl (C=O) groups is 1. The molecule has 0 aromatic carbocycles. The van der Waals surface area contributed by atoms with E-state index in [-0.39, 0.29) is 23.2 Å². The molecule has 0 aliphatic carbocycles. The molecule has 4 heterocycles. The minimum atomic E-state index is -0.637. The van der Waals surface area contributed by atoms with Crippen molar-refractivity contribution in [2.24, 2.45) is 5.10 Å². The van der Waals surface area contributed by atoms with Crippen LogP contribution in [0.3, 0.4) is 0 Å². The number of hydrazone groups is 1. The zero-order chi connectivity index (χ0) is 22.0. The SMILES string of the molecule is Cc1c(/C=N\Nc2nc(N)ncc2[N+](=O)[O-])c2ccccn2c1C(=O)c1ccncc1. The number of nitrogen functional groups attached to an aromatic ring is 1. The van der Waals surface area contributed by atoms with E-state index >= 15 is 0 Å². The average molecular weight is 416 g/mol. The highest BCUT2D eigenvalue weighted by molar-refractivity contribution is 6.11. The van der Waals surface area contributed by atoms with Crippen LogP contribution in [0, 0.1) is 17.0 Å². The number of hydrogen-bond acceptors (Lipinski definition) is 9. The summed E-state index contributed by atoms with van der Waals surface area (Å²) in [6.45, 7) is 1.81. The third kappa shape index (κ3) is 3.67. The van der Waals surface area contributed by atoms with E-state index in [1.54, 1.807) is 35.1 Å². The highest BCUT2D eigenvalue weighted by Crippen LogP contribution is 2.25. The van der Waals surface area contributed by atoms with Gasteiger partial charge in [-0.25, -0.2) is 4.98 Å². The number of pyridine rings is 2. The van der Waals surface area contributed by atoms with Gasteiger partial charge in [0.1, 0.15) is 6.20 Å². The van der Waals surface area contributed by atoms with Crippen molar-refractivity contribution in [2.75, 3.05) is 11.2 Å². The first-order valence-electron chi connectivity index (χ1n) is 9.07. The van der Waals surface area contributed by atoms with Gasteiger partial charge in [-0.1, -0.05) is 6.07 Å². The van der Waals surface area contributed by atoms with Crippen LogP contribution in [-0.2, 0) is 0 Å². The van der Waals surface area contributed by atoms with Crippen LogP contribution in [0.2, 0.25) is 0 Å². The topological polar surface area (TPSA) is 154 Å². The molecule has 0 amide bonds. The number of nitro groups is 1. The molecule has 4 aromatic heterocycles. The third-order valence-electron chi connectivity index (χ3n) is 4.64. The van der Waals surface area contributed by atoms with E-state index in [0.717, 1.165) is 11.7 Å². The van der Waals surface area contributed by atoms with Crippen LogP contribution in [0.4, 0.5) is 17.5 Å². The van der Waals surface area contributed by atoms with E-state index in [1.807, 2.05) is 25.1 Å². The number of hydrogen-bond donors (Lipinski definition) is 2. The molecule has 0 atom stereocenters. The Kier molecular flexibility index (Phi) is 5.06. The Morgan fingerprint density at radius 3 is 2.81 bits per heavy atom. The normalized spacial score (nSPS) is 11.1. The number of nitrogens with two attached hydrogens (primary N) is 1. The first-order valence-corrected chi connectivity index (χ1v) is 9.07. The van der Waals surface area contributed by atoms with Crippen molar-refractivity contribution in [3.63, 3.8) is 0 Å². The molecule has 31 heavy (non-hydrogen) atoms. The highest BCUT2D eigenvalue weighted by atomic mass is 16.6. The minimum absolute atomic E-state index is 0.126. The maximum atomic E-state index is 13.1. The van der Waals surface area contributed by atoms with Crippen LogP contribution in [-0.4, -0.2) is 36.3 Å². The molecule has 0 saturated heterocycles. The quantitative estimate of drug-likeness (QED) is 0.210. The summed E-state index contributed by atoms with van der Waals surface area (Å²) >= 11 is 0. The largest absolute Gasteiger partial charge is 0.368 e. The zero-order valence-electron chi connectivity index (χ0n) is 16.3. The summed E-state index contributed by atoms with van der Waals surface area (Å²) in [4.78, 5) is 35.0. The molecule has 0 aliphatic rings. The number of fused-ring (bicyclic) bond motifs is 1. The number of nitrogens with zero attached hydrogens (tertiary/aromatic N) is 6. The van der Waals surface area contributed by atoms with Gasteiger partial charge in [-0.3, -0.25) is 25.3 Å². The minimum Gasteiger partial charge on any atom is -0.368 e. The first kappa shape index (κ1) is 19.6. The Balaban J connectivity index is 1.75. The van der Waals surface area contributed by atoms with Crippen molar-refractivity contribution in [1.29, 1.82) is 0 Å². The Morgan fingerprint density at radius 2 is 2.06 bits per heavy atom. The molecule has 11 heteroatoms. The van der Waals surface area contributed by atoms with Gasteiger partial charge in [0.15, 0.2) is 0 Å². The molecule has 4 rings (SSSR count). The maximum absolute atomic E-state index is 13.1. The van der Waals surface area contributed by atoms with Gasteiger partial charge >= 0.3 is 5.69 Å². The third-order valence-corrected chi connectivity index (χ3v) is 4.64. The van der Waals surface area contributed by atoms with E-state index in [1.165, 1.54) is 6.21 Å². The second-order valence-corrected chi connectivity index (χ2v) is 6.50. The summed E-state index contributed by atoms with van der Waals surface area (Å²) in [7, 11) is 0. The Labute approximate surface area is 175 Å². The number of nitrogens with one attached hydrogen (secondary N) is 1. The van der Waals surface area contributed by atoms with Crippen LogP contribution in [0.1, 0.15) is 27.2 Å². The summed E-state index contributed by atoms with van der Waals surface area (Å²) in [5, 5.41) is 15.2. The van der Waals surface area contributed by atoms with Gasteiger partial charge in [0.25, 0.3) is 0 Å². The smallest absolute Gasteiger partial charge is 0.331 e. The fourth-order valence-corrected chi connectivity index (χ4v) is 3.20. The van der Waals surface area contributed by atoms with Crippen LogP contribution in [0.15, 0.2) is 60.2 Å². The molecule has 154 valence electrons. The Hall–Kier alpha value is -4.67. The van der Waals surface area contributed by atoms with E-state index in [0.29, 0.717) is 22.4 Å². The number of aromatic nitrogens is 4. The molecule has 4 aromatic rings. The van der Waals surface area contributed by atoms with Gasteiger partial charge in [-0.05, 0) is 36.8 Å². The molecule has 0 spiro atoms. The van der Waals surface area contributed by atoms with Gasteiger partial charge in [-0.2, -0.15) is 10.1 Å². The predicted molar refractivity (Wildman–Crippen MR) is 114 cm³/mol. The fraction of sp³-hybridized carbons (Fsp3) is 0.0500. The lowest BCUT2D eigenvalue weighted by Gasteiger charge is -2.03. The van der Waals surface area contributed by atoms with Crippen LogP contribution in [0.5, 0.6) is 0 Å². The van der Waals surface area contributed by atoms with Gasteiger partial charge in [0, 0.05) is 29.7 Å². The highest BCUT2D eigenvalue weighted by Gasteiger charge is 2.21. The predicted octanol–water partition coefficient (Wildman–Crippen LogP) is 2.60. The van der Waals surface area contributed by atoms with Crippen molar-refractivity contribution >= 4 is 35.0 Å². The van der Waals surface area contributed by atoms with Crippen LogP contribution in [0.25, 0.3) is 5.52 Å². The van der Waals surface area contributed by atoms with Crippen molar-refractivity contribution in [3.05, 3.63) is 87.6 Å². The van der Waals surface area contributed by atoms with Crippen molar-refractivity contribution < 1.29 is 9.72 Å². The van der Waals surface area contributed by atoms with Gasteiger partial charge in [-0.15, -0.1) is 0 Å². The van der Waals surface area contributed by atoms with Crippen molar-refractivity contribution in [2.45, 2.75) is 6.92 Å². The van der Waals surface area contributed by atoms with Crippen LogP contribution >= 0.6 is 0 Å². The summed E-state index contributed by atoms with van der Waals surface area (Å²) in [5.74, 6) is -0.421. The maximum Gasteiger partial charge on any atom is 0.331 e. The Bertz CT molecular complexity index is 1330. The lowest BCUT2D eigenvalue weighted by Crippen LogP contribution is -2.07. The van der Waals surface area contributed by atoms with Crippen molar-refractivity contribution in [1.82, 2.24) is 19.4 Å². The molecule has 3 N–H and O–H groups in total. The zero-order valence-corrected chi connectivity index (χ0v) is 16.3. The molecule has 0 radical (unpaired) electrons. The fourth-order valence-electron chi connectivity index (χ4n) is 3.20. The first-order chi connectivity index (χ1) is 15.0. The Morgan fingerprint density at radius 1 is 1.29 bits per heavy atom. The lowest BCUT2D eigenvalue weighted by molar-refractivity contribution is -0.384. The molecule has 11 nitrogen and oxygen atoms in total. The van der Waals surface area contributed by atoms with Gasteiger partial charge < -0.3 is 10.1 Å². The molecular formula is C20H16N8O3. The molecule has 0 aliphatic heterocycles. The summed E-state index contributed by atoms with van der Waals surface area (Å²) in [6.07, 6.45) is 7.40. The molecule has 0 unspecified atom stereocenters. The summed E-state index contributed by atoms with van der Waals surface area (Å²) in [5.41, 5.74) is 10.8. The number of ketones is 1. The van der Waals surface area contributed by atoms with Crippen LogP contribution < -0.4 is 11.2 Å². The molecular weight excluding hydrogens is 400 g/mol. The second kappa shape index (κ2) is 7.99. The van der Waals surface area contributed by atoms with E-state index in [9.17, 15) is 14.9 Å². The van der Waals surface area contributed by atoms with E-state index in [2.05, 4.69) is 25.5 Å². The number of carbonyl (C=O) groups excluding carboxylic acids is 1. The standard InChI is InChI=1S/C20H16N8O3/c1-12-14(10-24-26-19-16(28(30)31)11-23-20(21)25-19)15-4-2-3-9-27(15)17(12)18(29)13-5-7-22-8-6-13/h2-11H,1H3,(H3,21,23,25,26)/b24-10-. The lowest BCUT2D eigenvalue weighted by atomic mass is 10.1. The van der Waals surface area contributed by atoms with Gasteiger partial charge in [0.2, 0.25) is 17.5 Å². The average Bonchev–Trinajstić information content (AvgIpc) is 3.05. The monoisotopic (exact) mass is 416 g/mol. The van der Waals surface area contributed by atoms with E-state index < -0.39 is 4.92 Å². The summed E-state index contributed by atoms with van der Waals surface area (Å²) < 4.78 is 1.78. The number of anilines is 2. The second-order valence-electron chi connectivity index (χ2n) is 6.50. The molecule has 0 fully saturated rings. The van der Waals surface area contributed by atoms with Crippen molar-refractivity contribution in [3.8, 4) is 0 Å². The molecule has 0 bridgehead atoms. The molecule has 0 saturated carbocycles. The van der Waals surface area contributed by atoms with E-state index in [4.69, 9.17) is 5.73 Å². The summed E-state index contributed by atoms with van der Waals surface area (Å²) in [6, 6.07) is 8.82.